The second kappa shape index (κ2) is 5.32. The minimum absolute atomic E-state index is 0.317. The molecule has 0 heterocycles. The van der Waals surface area contributed by atoms with Gasteiger partial charge in [0.25, 0.3) is 5.91 Å². The molecule has 104 valence electrons. The number of amides is 1. The molecular weight excluding hydrogens is 272 g/mol. The molecule has 0 unspecified atom stereocenters. The highest BCUT2D eigenvalue weighted by Crippen LogP contribution is 2.24. The Morgan fingerprint density at radius 2 is 1.57 bits per heavy atom. The summed E-state index contributed by atoms with van der Waals surface area (Å²) in [5.74, 6) is -2.86. The van der Waals surface area contributed by atoms with Crippen molar-refractivity contribution in [1.29, 1.82) is 0 Å². The first kappa shape index (κ1) is 13.2. The Labute approximate surface area is 120 Å². The molecule has 4 heteroatoms. The minimum atomic E-state index is -1.14. The van der Waals surface area contributed by atoms with Gasteiger partial charge in [-0.05, 0) is 23.6 Å². The Hall–Kier alpha value is -2.75. The summed E-state index contributed by atoms with van der Waals surface area (Å²) in [6.45, 7) is 0. The van der Waals surface area contributed by atoms with Crippen molar-refractivity contribution in [2.75, 3.05) is 5.32 Å². The lowest BCUT2D eigenvalue weighted by molar-refractivity contribution is 0.102. The van der Waals surface area contributed by atoms with Crippen LogP contribution in [0.25, 0.3) is 10.8 Å². The SMILES string of the molecule is O=C(Nc1cccc2ccccc12)c1cccc(F)c1F. The van der Waals surface area contributed by atoms with E-state index in [-0.39, 0.29) is 5.56 Å². The number of hydrogen-bond donors (Lipinski definition) is 1. The van der Waals surface area contributed by atoms with Crippen LogP contribution in [0.1, 0.15) is 10.4 Å². The fourth-order valence-electron chi connectivity index (χ4n) is 2.20. The third kappa shape index (κ3) is 2.48. The lowest BCUT2D eigenvalue weighted by atomic mass is 10.1. The van der Waals surface area contributed by atoms with Gasteiger partial charge in [-0.15, -0.1) is 0 Å². The molecule has 0 aliphatic carbocycles. The molecule has 0 aliphatic heterocycles. The molecule has 0 saturated heterocycles. The van der Waals surface area contributed by atoms with Crippen molar-refractivity contribution in [1.82, 2.24) is 0 Å². The summed E-state index contributed by atoms with van der Waals surface area (Å²) in [6, 6.07) is 16.5. The van der Waals surface area contributed by atoms with Crippen LogP contribution in [-0.4, -0.2) is 5.91 Å². The average molecular weight is 283 g/mol. The van der Waals surface area contributed by atoms with Gasteiger partial charge in [-0.25, -0.2) is 8.78 Å². The summed E-state index contributed by atoms with van der Waals surface area (Å²) in [7, 11) is 0. The Balaban J connectivity index is 1.99. The fraction of sp³-hybridized carbons (Fsp3) is 0. The molecule has 2 nitrogen and oxygen atoms in total. The minimum Gasteiger partial charge on any atom is -0.321 e. The van der Waals surface area contributed by atoms with Gasteiger partial charge in [-0.2, -0.15) is 0 Å². The van der Waals surface area contributed by atoms with E-state index < -0.39 is 17.5 Å². The van der Waals surface area contributed by atoms with E-state index in [9.17, 15) is 13.6 Å². The first-order valence-electron chi connectivity index (χ1n) is 6.40. The monoisotopic (exact) mass is 283 g/mol. The molecule has 0 saturated carbocycles. The number of rotatable bonds is 2. The van der Waals surface area contributed by atoms with Crippen molar-refractivity contribution in [2.45, 2.75) is 0 Å². The van der Waals surface area contributed by atoms with E-state index in [1.165, 1.54) is 12.1 Å². The predicted octanol–water partition coefficient (Wildman–Crippen LogP) is 4.37. The van der Waals surface area contributed by atoms with E-state index in [0.717, 1.165) is 16.8 Å². The second-order valence-corrected chi connectivity index (χ2v) is 4.58. The van der Waals surface area contributed by atoms with Gasteiger partial charge in [0, 0.05) is 11.1 Å². The topological polar surface area (TPSA) is 29.1 Å². The lowest BCUT2D eigenvalue weighted by Crippen LogP contribution is -2.14. The molecule has 21 heavy (non-hydrogen) atoms. The van der Waals surface area contributed by atoms with Crippen molar-refractivity contribution in [2.24, 2.45) is 0 Å². The van der Waals surface area contributed by atoms with Crippen molar-refractivity contribution >= 4 is 22.4 Å². The Morgan fingerprint density at radius 1 is 0.857 bits per heavy atom. The normalized spacial score (nSPS) is 10.6. The van der Waals surface area contributed by atoms with E-state index in [2.05, 4.69) is 5.32 Å². The van der Waals surface area contributed by atoms with Crippen LogP contribution >= 0.6 is 0 Å². The second-order valence-electron chi connectivity index (χ2n) is 4.58. The number of benzene rings is 3. The van der Waals surface area contributed by atoms with Crippen molar-refractivity contribution in [3.8, 4) is 0 Å². The molecule has 0 aromatic heterocycles. The number of fused-ring (bicyclic) bond motifs is 1. The maximum atomic E-state index is 13.6. The van der Waals surface area contributed by atoms with Crippen LogP contribution in [0.15, 0.2) is 60.7 Å². The van der Waals surface area contributed by atoms with Gasteiger partial charge in [0.2, 0.25) is 0 Å². The van der Waals surface area contributed by atoms with Crippen molar-refractivity contribution in [3.63, 3.8) is 0 Å². The zero-order chi connectivity index (χ0) is 14.8. The van der Waals surface area contributed by atoms with Crippen LogP contribution in [0, 0.1) is 11.6 Å². The summed E-state index contributed by atoms with van der Waals surface area (Å²) < 4.78 is 26.8. The zero-order valence-corrected chi connectivity index (χ0v) is 10.9. The number of carbonyl (C=O) groups excluding carboxylic acids is 1. The molecule has 0 aliphatic rings. The van der Waals surface area contributed by atoms with Gasteiger partial charge < -0.3 is 5.32 Å². The summed E-state index contributed by atoms with van der Waals surface area (Å²) in [5.41, 5.74) is 0.240. The molecule has 1 N–H and O–H groups in total. The van der Waals surface area contributed by atoms with Crippen LogP contribution in [0.2, 0.25) is 0 Å². The van der Waals surface area contributed by atoms with Gasteiger partial charge in [0.15, 0.2) is 11.6 Å². The number of nitrogens with one attached hydrogen (secondary N) is 1. The summed E-state index contributed by atoms with van der Waals surface area (Å²) in [4.78, 5) is 12.1. The summed E-state index contributed by atoms with van der Waals surface area (Å²) >= 11 is 0. The molecule has 1 amide bonds. The van der Waals surface area contributed by atoms with E-state index in [0.29, 0.717) is 5.69 Å². The highest BCUT2D eigenvalue weighted by atomic mass is 19.2. The maximum absolute atomic E-state index is 13.6. The Morgan fingerprint density at radius 3 is 2.43 bits per heavy atom. The van der Waals surface area contributed by atoms with Gasteiger partial charge in [0.05, 0.1) is 5.56 Å². The number of hydrogen-bond acceptors (Lipinski definition) is 1. The van der Waals surface area contributed by atoms with Crippen LogP contribution in [0.4, 0.5) is 14.5 Å². The molecule has 0 fully saturated rings. The molecule has 3 aromatic rings. The van der Waals surface area contributed by atoms with Crippen LogP contribution in [0.3, 0.4) is 0 Å². The Bertz CT molecular complexity index is 825. The van der Waals surface area contributed by atoms with Crippen LogP contribution in [0.5, 0.6) is 0 Å². The molecule has 0 bridgehead atoms. The van der Waals surface area contributed by atoms with Gasteiger partial charge in [-0.1, -0.05) is 42.5 Å². The first-order valence-corrected chi connectivity index (χ1v) is 6.40. The summed E-state index contributed by atoms with van der Waals surface area (Å²) in [5, 5.41) is 4.42. The third-order valence-electron chi connectivity index (χ3n) is 3.23. The maximum Gasteiger partial charge on any atom is 0.258 e. The molecule has 0 spiro atoms. The lowest BCUT2D eigenvalue weighted by Gasteiger charge is -2.09. The largest absolute Gasteiger partial charge is 0.321 e. The standard InChI is InChI=1S/C17H11F2NO/c18-14-9-4-8-13(16(14)19)17(21)20-15-10-3-6-11-5-1-2-7-12(11)15/h1-10H,(H,20,21). The fourth-order valence-corrected chi connectivity index (χ4v) is 2.20. The quantitative estimate of drug-likeness (QED) is 0.743. The molecule has 3 aromatic carbocycles. The van der Waals surface area contributed by atoms with Gasteiger partial charge in [0.1, 0.15) is 0 Å². The van der Waals surface area contributed by atoms with Crippen LogP contribution < -0.4 is 5.32 Å². The van der Waals surface area contributed by atoms with E-state index >= 15 is 0 Å². The Kier molecular flexibility index (Phi) is 3.36. The van der Waals surface area contributed by atoms with E-state index in [4.69, 9.17) is 0 Å². The smallest absolute Gasteiger partial charge is 0.258 e. The number of anilines is 1. The highest BCUT2D eigenvalue weighted by Gasteiger charge is 2.15. The molecule has 3 rings (SSSR count). The van der Waals surface area contributed by atoms with Crippen molar-refractivity contribution in [3.05, 3.63) is 77.9 Å². The number of carbonyl (C=O) groups is 1. The van der Waals surface area contributed by atoms with Gasteiger partial charge in [-0.3, -0.25) is 4.79 Å². The van der Waals surface area contributed by atoms with Crippen molar-refractivity contribution < 1.29 is 13.6 Å². The van der Waals surface area contributed by atoms with Crippen LogP contribution in [-0.2, 0) is 0 Å². The zero-order valence-electron chi connectivity index (χ0n) is 10.9. The summed E-state index contributed by atoms with van der Waals surface area (Å²) in [6.07, 6.45) is 0. The highest BCUT2D eigenvalue weighted by molar-refractivity contribution is 6.09. The van der Waals surface area contributed by atoms with E-state index in [1.807, 2.05) is 30.3 Å². The first-order chi connectivity index (χ1) is 10.2. The van der Waals surface area contributed by atoms with Gasteiger partial charge >= 0.3 is 0 Å². The molecule has 0 radical (unpaired) electrons. The average Bonchev–Trinajstić information content (AvgIpc) is 2.50. The molecule has 0 atom stereocenters. The molecular formula is C17H11F2NO. The third-order valence-corrected chi connectivity index (χ3v) is 3.23. The number of halogens is 2. The van der Waals surface area contributed by atoms with E-state index in [1.54, 1.807) is 12.1 Å². The predicted molar refractivity (Wildman–Crippen MR) is 78.3 cm³/mol.